The zero-order valence-corrected chi connectivity index (χ0v) is 36.3. The van der Waals surface area contributed by atoms with Crippen LogP contribution in [-0.4, -0.2) is 21.9 Å². The molecule has 4 rings (SSSR count). The molecule has 0 aliphatic carbocycles. The van der Waals surface area contributed by atoms with Crippen molar-refractivity contribution in [2.45, 2.75) is 175 Å². The summed E-state index contributed by atoms with van der Waals surface area (Å²) in [7, 11) is 0. The summed E-state index contributed by atoms with van der Waals surface area (Å²) in [6.07, 6.45) is 23.7. The largest absolute Gasteiger partial charge is 0.508 e. The van der Waals surface area contributed by atoms with Crippen LogP contribution in [0.25, 0.3) is 22.3 Å². The van der Waals surface area contributed by atoms with Crippen LogP contribution < -0.4 is 4.74 Å². The van der Waals surface area contributed by atoms with Gasteiger partial charge < -0.3 is 20.1 Å². The summed E-state index contributed by atoms with van der Waals surface area (Å²) in [6.45, 7) is 15.5. The Morgan fingerprint density at radius 1 is 0.446 bits per heavy atom. The van der Waals surface area contributed by atoms with Gasteiger partial charge in [0.1, 0.15) is 23.0 Å². The van der Waals surface area contributed by atoms with Gasteiger partial charge in [0, 0.05) is 22.3 Å². The molecule has 0 spiro atoms. The zero-order chi connectivity index (χ0) is 40.8. The predicted octanol–water partition coefficient (Wildman–Crippen LogP) is 15.8. The number of ether oxygens (including phenoxy) is 1. The number of unbranched alkanes of at least 4 members (excludes halogenated alkanes) is 15. The lowest BCUT2D eigenvalue weighted by Gasteiger charge is -2.29. The van der Waals surface area contributed by atoms with E-state index in [9.17, 15) is 15.3 Å². The lowest BCUT2D eigenvalue weighted by Crippen LogP contribution is -2.19. The van der Waals surface area contributed by atoms with Crippen molar-refractivity contribution in [1.82, 2.24) is 0 Å². The summed E-state index contributed by atoms with van der Waals surface area (Å²) in [5.74, 6) is 1.70. The molecule has 0 saturated heterocycles. The molecule has 0 atom stereocenters. The molecule has 4 aromatic carbocycles. The van der Waals surface area contributed by atoms with Crippen molar-refractivity contribution in [2.24, 2.45) is 0 Å². The van der Waals surface area contributed by atoms with Gasteiger partial charge in [0.2, 0.25) is 0 Å². The molecule has 4 heteroatoms. The van der Waals surface area contributed by atoms with Gasteiger partial charge in [-0.15, -0.1) is 0 Å². The minimum absolute atomic E-state index is 0.129. The molecule has 0 radical (unpaired) electrons. The minimum Gasteiger partial charge on any atom is -0.508 e. The highest BCUT2D eigenvalue weighted by atomic mass is 16.5. The molecule has 0 heterocycles. The van der Waals surface area contributed by atoms with Crippen molar-refractivity contribution in [3.63, 3.8) is 0 Å². The minimum atomic E-state index is -0.129. The third-order valence-electron chi connectivity index (χ3n) is 11.9. The Morgan fingerprint density at radius 2 is 0.786 bits per heavy atom. The molecule has 0 aromatic heterocycles. The summed E-state index contributed by atoms with van der Waals surface area (Å²) in [5.41, 5.74) is 5.00. The number of rotatable bonds is 24. The quantitative estimate of drug-likeness (QED) is 0.0491. The number of hydrogen-bond acceptors (Lipinski definition) is 4. The molecule has 0 aliphatic rings. The van der Waals surface area contributed by atoms with Crippen LogP contribution in [0.15, 0.2) is 84.9 Å². The second kappa shape index (κ2) is 24.7. The molecule has 308 valence electrons. The summed E-state index contributed by atoms with van der Waals surface area (Å²) in [6, 6.07) is 27.5. The molecule has 0 saturated carbocycles. The molecule has 0 bridgehead atoms. The Hall–Kier alpha value is -3.92. The maximum absolute atomic E-state index is 11.1. The lowest BCUT2D eigenvalue weighted by atomic mass is 9.77. The Balaban J connectivity index is 0.000000391. The highest BCUT2D eigenvalue weighted by molar-refractivity contribution is 5.83. The van der Waals surface area contributed by atoms with Gasteiger partial charge in [-0.1, -0.05) is 205 Å². The number of phenolic OH excluding ortho intramolecular Hbond substituents is 3. The number of benzene rings is 4. The van der Waals surface area contributed by atoms with Crippen molar-refractivity contribution in [1.29, 1.82) is 0 Å². The molecule has 0 amide bonds. The standard InChI is InChI=1S/C36H50O2.C16H26O2/c1-2-3-4-5-6-7-8-9-10-11-12-13-14-15-16-23-28-38-33-29-34(31-24-19-17-20-25-31)36(37)35(30-33)32-26-21-18-22-27-32;1-7-15(3,4)11-9-14(18)12(10-13(11)17)16(5,6)8-2/h17-22,24-27,29-30,37H,2-16,23,28H2,1H3;9-10,17-18H,7-8H2,1-6H3. The maximum Gasteiger partial charge on any atom is 0.131 e. The van der Waals surface area contributed by atoms with Gasteiger partial charge in [-0.2, -0.15) is 0 Å². The van der Waals surface area contributed by atoms with Crippen LogP contribution in [0.4, 0.5) is 0 Å². The van der Waals surface area contributed by atoms with E-state index >= 15 is 0 Å². The monoisotopic (exact) mass is 765 g/mol. The van der Waals surface area contributed by atoms with Crippen LogP contribution in [0, 0.1) is 0 Å². The van der Waals surface area contributed by atoms with Crippen molar-refractivity contribution in [3.8, 4) is 45.3 Å². The summed E-state index contributed by atoms with van der Waals surface area (Å²) in [5, 5.41) is 31.5. The van der Waals surface area contributed by atoms with Crippen LogP contribution in [0.5, 0.6) is 23.0 Å². The third kappa shape index (κ3) is 15.2. The first-order valence-corrected chi connectivity index (χ1v) is 22.1. The molecular formula is C52H76O4. The van der Waals surface area contributed by atoms with Crippen molar-refractivity contribution in [3.05, 3.63) is 96.1 Å². The first-order chi connectivity index (χ1) is 26.9. The van der Waals surface area contributed by atoms with Gasteiger partial charge in [0.25, 0.3) is 0 Å². The van der Waals surface area contributed by atoms with E-state index in [1.165, 1.54) is 96.3 Å². The Kier molecular flexibility index (Phi) is 20.5. The third-order valence-corrected chi connectivity index (χ3v) is 11.9. The predicted molar refractivity (Wildman–Crippen MR) is 240 cm³/mol. The van der Waals surface area contributed by atoms with E-state index in [4.69, 9.17) is 4.74 Å². The van der Waals surface area contributed by atoms with Crippen molar-refractivity contribution < 1.29 is 20.1 Å². The van der Waals surface area contributed by atoms with Crippen LogP contribution in [0.2, 0.25) is 0 Å². The summed E-state index contributed by atoms with van der Waals surface area (Å²) < 4.78 is 6.19. The van der Waals surface area contributed by atoms with E-state index in [1.54, 1.807) is 12.1 Å². The average Bonchev–Trinajstić information content (AvgIpc) is 3.21. The molecule has 0 fully saturated rings. The van der Waals surface area contributed by atoms with Gasteiger partial charge in [-0.25, -0.2) is 0 Å². The highest BCUT2D eigenvalue weighted by Crippen LogP contribution is 2.43. The lowest BCUT2D eigenvalue weighted by molar-refractivity contribution is 0.304. The zero-order valence-electron chi connectivity index (χ0n) is 36.3. The van der Waals surface area contributed by atoms with E-state index in [0.29, 0.717) is 12.4 Å². The number of aromatic hydroxyl groups is 3. The average molecular weight is 765 g/mol. The van der Waals surface area contributed by atoms with Crippen molar-refractivity contribution in [2.75, 3.05) is 6.61 Å². The van der Waals surface area contributed by atoms with Gasteiger partial charge in [-0.3, -0.25) is 0 Å². The van der Waals surface area contributed by atoms with Crippen LogP contribution in [-0.2, 0) is 10.8 Å². The Labute approximate surface area is 341 Å². The van der Waals surface area contributed by atoms with E-state index in [2.05, 4.69) is 48.5 Å². The fourth-order valence-electron chi connectivity index (χ4n) is 7.25. The molecule has 0 unspecified atom stereocenters. The Morgan fingerprint density at radius 3 is 1.12 bits per heavy atom. The molecule has 4 aromatic rings. The maximum atomic E-state index is 11.1. The molecule has 4 nitrogen and oxygen atoms in total. The second-order valence-corrected chi connectivity index (χ2v) is 17.1. The van der Waals surface area contributed by atoms with Crippen LogP contribution >= 0.6 is 0 Å². The molecule has 56 heavy (non-hydrogen) atoms. The Bertz CT molecular complexity index is 1560. The fourth-order valence-corrected chi connectivity index (χ4v) is 7.25. The fraction of sp³-hybridized carbons (Fsp3) is 0.538. The van der Waals surface area contributed by atoms with E-state index in [-0.39, 0.29) is 22.3 Å². The topological polar surface area (TPSA) is 69.9 Å². The van der Waals surface area contributed by atoms with Gasteiger partial charge in [0.05, 0.1) is 6.61 Å². The van der Waals surface area contributed by atoms with Gasteiger partial charge in [-0.05, 0) is 65.5 Å². The summed E-state index contributed by atoms with van der Waals surface area (Å²) in [4.78, 5) is 0. The van der Waals surface area contributed by atoms with E-state index in [0.717, 1.165) is 58.4 Å². The van der Waals surface area contributed by atoms with Crippen LogP contribution in [0.1, 0.15) is 175 Å². The molecule has 3 N–H and O–H groups in total. The van der Waals surface area contributed by atoms with E-state index in [1.807, 2.05) is 72.8 Å². The van der Waals surface area contributed by atoms with Gasteiger partial charge >= 0.3 is 0 Å². The highest BCUT2D eigenvalue weighted by Gasteiger charge is 2.28. The smallest absolute Gasteiger partial charge is 0.131 e. The second-order valence-electron chi connectivity index (χ2n) is 17.1. The number of hydrogen-bond donors (Lipinski definition) is 3. The van der Waals surface area contributed by atoms with Crippen LogP contribution in [0.3, 0.4) is 0 Å². The van der Waals surface area contributed by atoms with Gasteiger partial charge in [0.15, 0.2) is 0 Å². The number of phenols is 3. The summed E-state index contributed by atoms with van der Waals surface area (Å²) >= 11 is 0. The van der Waals surface area contributed by atoms with E-state index < -0.39 is 0 Å². The normalized spacial score (nSPS) is 11.6. The SMILES string of the molecule is CCC(C)(C)c1cc(O)c(C(C)(C)CC)cc1O.CCCCCCCCCCCCCCCCCCOc1cc(-c2ccccc2)c(O)c(-c2ccccc2)c1. The molecular weight excluding hydrogens is 689 g/mol. The first kappa shape index (κ1) is 46.5. The first-order valence-electron chi connectivity index (χ1n) is 22.1. The molecule has 0 aliphatic heterocycles. The van der Waals surface area contributed by atoms with Crippen molar-refractivity contribution >= 4 is 0 Å².